The maximum absolute atomic E-state index is 12.5. The Labute approximate surface area is 121 Å². The zero-order chi connectivity index (χ0) is 15.7. The van der Waals surface area contributed by atoms with Gasteiger partial charge >= 0.3 is 12.2 Å². The van der Waals surface area contributed by atoms with Gasteiger partial charge in [0.15, 0.2) is 0 Å². The Hall–Kier alpha value is -2.16. The van der Waals surface area contributed by atoms with E-state index in [0.717, 1.165) is 25.0 Å². The highest BCUT2D eigenvalue weighted by Crippen LogP contribution is 2.29. The normalized spacial score (nSPS) is 10.5. The molecule has 1 rings (SSSR count). The SMILES string of the molecule is CCCCNC(=O)NCC#Cc1cccc(C(F)(F)F)c1. The highest BCUT2D eigenvalue weighted by Gasteiger charge is 2.30. The Morgan fingerprint density at radius 3 is 2.71 bits per heavy atom. The summed E-state index contributed by atoms with van der Waals surface area (Å²) >= 11 is 0. The molecule has 114 valence electrons. The fourth-order valence-electron chi connectivity index (χ4n) is 1.49. The molecule has 0 fully saturated rings. The predicted octanol–water partition coefficient (Wildman–Crippen LogP) is 3.16. The van der Waals surface area contributed by atoms with Gasteiger partial charge in [0.2, 0.25) is 0 Å². The topological polar surface area (TPSA) is 41.1 Å². The Kier molecular flexibility index (Phi) is 6.60. The fourth-order valence-corrected chi connectivity index (χ4v) is 1.49. The molecule has 1 aromatic carbocycles. The molecule has 1 aromatic rings. The van der Waals surface area contributed by atoms with E-state index in [1.807, 2.05) is 6.92 Å². The lowest BCUT2D eigenvalue weighted by Crippen LogP contribution is -2.36. The fraction of sp³-hybridized carbons (Fsp3) is 0.400. The van der Waals surface area contributed by atoms with E-state index in [1.54, 1.807) is 0 Å². The molecule has 0 spiro atoms. The summed E-state index contributed by atoms with van der Waals surface area (Å²) in [4.78, 5) is 11.3. The average Bonchev–Trinajstić information content (AvgIpc) is 2.43. The van der Waals surface area contributed by atoms with Gasteiger partial charge in [-0.1, -0.05) is 31.3 Å². The largest absolute Gasteiger partial charge is 0.416 e. The smallest absolute Gasteiger partial charge is 0.338 e. The van der Waals surface area contributed by atoms with Crippen LogP contribution in [0.3, 0.4) is 0 Å². The number of hydrogen-bond acceptors (Lipinski definition) is 1. The third kappa shape index (κ3) is 6.70. The van der Waals surface area contributed by atoms with Crippen molar-refractivity contribution in [1.82, 2.24) is 10.6 Å². The summed E-state index contributed by atoms with van der Waals surface area (Å²) in [5.41, 5.74) is -0.474. The Morgan fingerprint density at radius 2 is 2.05 bits per heavy atom. The maximum Gasteiger partial charge on any atom is 0.416 e. The highest BCUT2D eigenvalue weighted by atomic mass is 19.4. The predicted molar refractivity (Wildman–Crippen MR) is 74.6 cm³/mol. The number of carbonyl (C=O) groups excluding carboxylic acids is 1. The number of alkyl halides is 3. The molecular weight excluding hydrogens is 281 g/mol. The van der Waals surface area contributed by atoms with Crippen molar-refractivity contribution >= 4 is 6.03 Å². The molecule has 2 amide bonds. The van der Waals surface area contributed by atoms with Crippen LogP contribution >= 0.6 is 0 Å². The Morgan fingerprint density at radius 1 is 1.29 bits per heavy atom. The molecule has 0 aliphatic rings. The van der Waals surface area contributed by atoms with Crippen molar-refractivity contribution in [1.29, 1.82) is 0 Å². The van der Waals surface area contributed by atoms with E-state index in [9.17, 15) is 18.0 Å². The lowest BCUT2D eigenvalue weighted by molar-refractivity contribution is -0.137. The minimum atomic E-state index is -4.38. The Bertz CT molecular complexity index is 530. The quantitative estimate of drug-likeness (QED) is 0.650. The van der Waals surface area contributed by atoms with Gasteiger partial charge in [0, 0.05) is 12.1 Å². The van der Waals surface area contributed by atoms with Crippen LogP contribution in [0.25, 0.3) is 0 Å². The van der Waals surface area contributed by atoms with Crippen LogP contribution in [-0.2, 0) is 6.18 Å². The average molecular weight is 298 g/mol. The monoisotopic (exact) mass is 298 g/mol. The Balaban J connectivity index is 2.47. The molecule has 3 nitrogen and oxygen atoms in total. The van der Waals surface area contributed by atoms with Crippen LogP contribution in [0.1, 0.15) is 30.9 Å². The summed E-state index contributed by atoms with van der Waals surface area (Å²) in [5, 5.41) is 5.16. The third-order valence-electron chi connectivity index (χ3n) is 2.58. The van der Waals surface area contributed by atoms with Crippen molar-refractivity contribution in [2.75, 3.05) is 13.1 Å². The van der Waals surface area contributed by atoms with Crippen LogP contribution in [0.4, 0.5) is 18.0 Å². The van der Waals surface area contributed by atoms with Crippen molar-refractivity contribution in [3.05, 3.63) is 35.4 Å². The van der Waals surface area contributed by atoms with Crippen LogP contribution in [0.2, 0.25) is 0 Å². The van der Waals surface area contributed by atoms with Crippen molar-refractivity contribution in [2.24, 2.45) is 0 Å². The van der Waals surface area contributed by atoms with Gasteiger partial charge in [-0.2, -0.15) is 13.2 Å². The van der Waals surface area contributed by atoms with Gasteiger partial charge in [0.25, 0.3) is 0 Å². The molecule has 0 aromatic heterocycles. The van der Waals surface area contributed by atoms with E-state index in [4.69, 9.17) is 0 Å². The molecule has 2 N–H and O–H groups in total. The number of halogens is 3. The van der Waals surface area contributed by atoms with Gasteiger partial charge in [-0.15, -0.1) is 0 Å². The van der Waals surface area contributed by atoms with E-state index < -0.39 is 11.7 Å². The molecule has 0 saturated carbocycles. The first-order valence-electron chi connectivity index (χ1n) is 6.61. The number of carbonyl (C=O) groups is 1. The second kappa shape index (κ2) is 8.20. The molecule has 0 atom stereocenters. The highest BCUT2D eigenvalue weighted by molar-refractivity contribution is 5.74. The minimum Gasteiger partial charge on any atom is -0.338 e. The van der Waals surface area contributed by atoms with Crippen LogP contribution in [-0.4, -0.2) is 19.1 Å². The standard InChI is InChI=1S/C15H17F3N2O/c1-2-3-9-19-14(21)20-10-5-7-12-6-4-8-13(11-12)15(16,17)18/h4,6,8,11H,2-3,9-10H2,1H3,(H2,19,20,21). The van der Waals surface area contributed by atoms with Crippen LogP contribution < -0.4 is 10.6 Å². The second-order valence-electron chi connectivity index (χ2n) is 4.34. The summed E-state index contributed by atoms with van der Waals surface area (Å²) in [6.45, 7) is 2.68. The van der Waals surface area contributed by atoms with Crippen LogP contribution in [0.5, 0.6) is 0 Å². The van der Waals surface area contributed by atoms with E-state index >= 15 is 0 Å². The number of unbranched alkanes of at least 4 members (excludes halogenated alkanes) is 1. The van der Waals surface area contributed by atoms with Gasteiger partial charge in [-0.05, 0) is 24.6 Å². The molecule has 21 heavy (non-hydrogen) atoms. The molecule has 0 aliphatic heterocycles. The lowest BCUT2D eigenvalue weighted by atomic mass is 10.1. The van der Waals surface area contributed by atoms with Crippen LogP contribution in [0, 0.1) is 11.8 Å². The third-order valence-corrected chi connectivity index (χ3v) is 2.58. The van der Waals surface area contributed by atoms with Gasteiger partial charge in [-0.25, -0.2) is 4.79 Å². The number of amides is 2. The van der Waals surface area contributed by atoms with Crippen LogP contribution in [0.15, 0.2) is 24.3 Å². The molecule has 6 heteroatoms. The molecule has 0 heterocycles. The summed E-state index contributed by atoms with van der Waals surface area (Å²) in [6, 6.07) is 4.43. The van der Waals surface area contributed by atoms with Gasteiger partial charge < -0.3 is 10.6 Å². The molecular formula is C15H17F3N2O. The zero-order valence-corrected chi connectivity index (χ0v) is 11.7. The zero-order valence-electron chi connectivity index (χ0n) is 11.7. The lowest BCUT2D eigenvalue weighted by Gasteiger charge is -2.06. The molecule has 0 bridgehead atoms. The van der Waals surface area contributed by atoms with Gasteiger partial charge in [-0.3, -0.25) is 0 Å². The first-order chi connectivity index (χ1) is 9.93. The second-order valence-corrected chi connectivity index (χ2v) is 4.34. The summed E-state index contributed by atoms with van der Waals surface area (Å²) in [6.07, 6.45) is -2.51. The number of hydrogen-bond donors (Lipinski definition) is 2. The summed E-state index contributed by atoms with van der Waals surface area (Å²) in [5.74, 6) is 5.20. The number of urea groups is 1. The van der Waals surface area contributed by atoms with Crippen molar-refractivity contribution in [3.63, 3.8) is 0 Å². The number of nitrogens with one attached hydrogen (secondary N) is 2. The number of benzene rings is 1. The van der Waals surface area contributed by atoms with E-state index in [2.05, 4.69) is 22.5 Å². The van der Waals surface area contributed by atoms with Gasteiger partial charge in [0.05, 0.1) is 12.1 Å². The molecule has 0 unspecified atom stereocenters. The first kappa shape index (κ1) is 16.9. The van der Waals surface area contributed by atoms with Crippen molar-refractivity contribution < 1.29 is 18.0 Å². The summed E-state index contributed by atoms with van der Waals surface area (Å²) in [7, 11) is 0. The maximum atomic E-state index is 12.5. The number of rotatable bonds is 4. The van der Waals surface area contributed by atoms with E-state index in [-0.39, 0.29) is 18.1 Å². The van der Waals surface area contributed by atoms with E-state index in [1.165, 1.54) is 12.1 Å². The summed E-state index contributed by atoms with van der Waals surface area (Å²) < 4.78 is 37.5. The van der Waals surface area contributed by atoms with Gasteiger partial charge in [0.1, 0.15) is 0 Å². The van der Waals surface area contributed by atoms with Crippen molar-refractivity contribution in [3.8, 4) is 11.8 Å². The van der Waals surface area contributed by atoms with E-state index in [0.29, 0.717) is 6.54 Å². The van der Waals surface area contributed by atoms with Crippen molar-refractivity contribution in [2.45, 2.75) is 25.9 Å². The molecule has 0 aliphatic carbocycles. The molecule has 0 saturated heterocycles. The molecule has 0 radical (unpaired) electrons. The first-order valence-corrected chi connectivity index (χ1v) is 6.61. The minimum absolute atomic E-state index is 0.0776.